The quantitative estimate of drug-likeness (QED) is 0.596. The molecule has 3 nitrogen and oxygen atoms in total. The van der Waals surface area contributed by atoms with E-state index in [0.29, 0.717) is 0 Å². The van der Waals surface area contributed by atoms with Gasteiger partial charge in [0.2, 0.25) is 0 Å². The molecular formula is C9H19NO2. The third kappa shape index (κ3) is 2.19. The average molecular weight is 173 g/mol. The number of rotatable bonds is 0. The van der Waals surface area contributed by atoms with E-state index >= 15 is 0 Å². The van der Waals surface area contributed by atoms with Gasteiger partial charge < -0.3 is 14.8 Å². The topological polar surface area (TPSA) is 30.5 Å². The Labute approximate surface area is 74.4 Å². The van der Waals surface area contributed by atoms with Crippen molar-refractivity contribution in [1.29, 1.82) is 0 Å². The molecule has 0 aromatic carbocycles. The highest BCUT2D eigenvalue weighted by Gasteiger charge is 2.37. The Bertz CT molecular complexity index is 114. The molecule has 0 atom stereocenters. The van der Waals surface area contributed by atoms with Crippen LogP contribution in [-0.4, -0.2) is 32.1 Å². The van der Waals surface area contributed by atoms with Gasteiger partial charge in [-0.25, -0.2) is 0 Å². The van der Waals surface area contributed by atoms with Gasteiger partial charge in [-0.3, -0.25) is 0 Å². The number of hydrogen-bond donors (Lipinski definition) is 1. The Kier molecular flexibility index (Phi) is 3.98. The minimum Gasteiger partial charge on any atom is -0.347 e. The lowest BCUT2D eigenvalue weighted by atomic mass is 10.1. The molecule has 2 heterocycles. The molecule has 2 aliphatic rings. The lowest BCUT2D eigenvalue weighted by Gasteiger charge is -2.31. The Balaban J connectivity index is 0.000000336. The first-order chi connectivity index (χ1) is 5.91. The van der Waals surface area contributed by atoms with E-state index in [1.807, 2.05) is 13.8 Å². The fraction of sp³-hybridized carbons (Fsp3) is 1.00. The first-order valence-corrected chi connectivity index (χ1v) is 4.90. The number of hydrogen-bond acceptors (Lipinski definition) is 3. The van der Waals surface area contributed by atoms with Gasteiger partial charge in [-0.1, -0.05) is 13.8 Å². The molecule has 3 heteroatoms. The van der Waals surface area contributed by atoms with Gasteiger partial charge in [0.1, 0.15) is 0 Å². The second-order valence-corrected chi connectivity index (χ2v) is 2.86. The lowest BCUT2D eigenvalue weighted by Crippen LogP contribution is -2.42. The Hall–Kier alpha value is -0.120. The molecule has 0 unspecified atom stereocenters. The highest BCUT2D eigenvalue weighted by Crippen LogP contribution is 2.28. The van der Waals surface area contributed by atoms with E-state index in [-0.39, 0.29) is 5.79 Å². The summed E-state index contributed by atoms with van der Waals surface area (Å²) >= 11 is 0. The van der Waals surface area contributed by atoms with Crippen molar-refractivity contribution < 1.29 is 9.47 Å². The van der Waals surface area contributed by atoms with Crippen LogP contribution in [0.5, 0.6) is 0 Å². The molecule has 0 aromatic rings. The molecule has 2 saturated heterocycles. The van der Waals surface area contributed by atoms with Crippen LogP contribution in [0.15, 0.2) is 0 Å². The summed E-state index contributed by atoms with van der Waals surface area (Å²) in [6.45, 7) is 7.61. The van der Waals surface area contributed by atoms with Crippen LogP contribution in [-0.2, 0) is 9.47 Å². The van der Waals surface area contributed by atoms with E-state index in [0.717, 1.165) is 39.1 Å². The minimum absolute atomic E-state index is 0.189. The number of ether oxygens (including phenoxy) is 2. The van der Waals surface area contributed by atoms with Gasteiger partial charge >= 0.3 is 0 Å². The maximum atomic E-state index is 5.52. The van der Waals surface area contributed by atoms with Crippen molar-refractivity contribution in [2.75, 3.05) is 26.3 Å². The van der Waals surface area contributed by atoms with Gasteiger partial charge in [-0.2, -0.15) is 0 Å². The summed E-state index contributed by atoms with van der Waals surface area (Å²) < 4.78 is 11.0. The molecular weight excluding hydrogens is 154 g/mol. The Morgan fingerprint density at radius 2 is 1.50 bits per heavy atom. The van der Waals surface area contributed by atoms with Crippen LogP contribution in [0.2, 0.25) is 0 Å². The van der Waals surface area contributed by atoms with Gasteiger partial charge in [-0.05, 0) is 0 Å². The summed E-state index contributed by atoms with van der Waals surface area (Å²) in [4.78, 5) is 0. The molecule has 2 fully saturated rings. The van der Waals surface area contributed by atoms with Gasteiger partial charge in [0.15, 0.2) is 5.79 Å². The Morgan fingerprint density at radius 3 is 2.00 bits per heavy atom. The lowest BCUT2D eigenvalue weighted by molar-refractivity contribution is -0.172. The summed E-state index contributed by atoms with van der Waals surface area (Å²) in [6, 6.07) is 0. The molecule has 2 rings (SSSR count). The highest BCUT2D eigenvalue weighted by molar-refractivity contribution is 4.80. The molecule has 72 valence electrons. The molecule has 0 aromatic heterocycles. The normalized spacial score (nSPS) is 26.5. The summed E-state index contributed by atoms with van der Waals surface area (Å²) in [5.41, 5.74) is 0. The van der Waals surface area contributed by atoms with Crippen molar-refractivity contribution in [3.05, 3.63) is 0 Å². The summed E-state index contributed by atoms with van der Waals surface area (Å²) in [5.74, 6) is -0.189. The molecule has 12 heavy (non-hydrogen) atoms. The van der Waals surface area contributed by atoms with E-state index in [9.17, 15) is 0 Å². The van der Waals surface area contributed by atoms with Crippen LogP contribution in [0, 0.1) is 0 Å². The summed E-state index contributed by atoms with van der Waals surface area (Å²) in [5, 5.41) is 3.28. The van der Waals surface area contributed by atoms with E-state index in [1.54, 1.807) is 0 Å². The fourth-order valence-electron chi connectivity index (χ4n) is 1.59. The van der Waals surface area contributed by atoms with E-state index in [2.05, 4.69) is 5.32 Å². The number of piperidine rings is 1. The van der Waals surface area contributed by atoms with E-state index in [1.165, 1.54) is 0 Å². The number of nitrogens with one attached hydrogen (secondary N) is 1. The minimum atomic E-state index is -0.189. The van der Waals surface area contributed by atoms with Crippen molar-refractivity contribution in [2.24, 2.45) is 0 Å². The monoisotopic (exact) mass is 173 g/mol. The van der Waals surface area contributed by atoms with Crippen LogP contribution >= 0.6 is 0 Å². The standard InChI is InChI=1S/C7H13NO2.C2H6/c1-3-8-4-2-7(1)9-5-6-10-7;1-2/h8H,1-6H2;1-2H3. The zero-order valence-electron chi connectivity index (χ0n) is 8.06. The zero-order valence-corrected chi connectivity index (χ0v) is 8.06. The SMILES string of the molecule is C1CC2(CCN1)OCCO2.CC. The summed E-state index contributed by atoms with van der Waals surface area (Å²) in [7, 11) is 0. The smallest absolute Gasteiger partial charge is 0.170 e. The highest BCUT2D eigenvalue weighted by atomic mass is 16.7. The van der Waals surface area contributed by atoms with Crippen LogP contribution in [0.4, 0.5) is 0 Å². The van der Waals surface area contributed by atoms with Gasteiger partial charge in [-0.15, -0.1) is 0 Å². The first-order valence-electron chi connectivity index (χ1n) is 4.90. The molecule has 0 radical (unpaired) electrons. The molecule has 1 spiro atoms. The second kappa shape index (κ2) is 4.80. The summed E-state index contributed by atoms with van der Waals surface area (Å²) in [6.07, 6.45) is 2.01. The second-order valence-electron chi connectivity index (χ2n) is 2.86. The van der Waals surface area contributed by atoms with Crippen molar-refractivity contribution in [1.82, 2.24) is 5.32 Å². The molecule has 0 saturated carbocycles. The van der Waals surface area contributed by atoms with Gasteiger partial charge in [0, 0.05) is 25.9 Å². The zero-order chi connectivity index (χ0) is 8.86. The van der Waals surface area contributed by atoms with Crippen molar-refractivity contribution >= 4 is 0 Å². The molecule has 0 aliphatic carbocycles. The van der Waals surface area contributed by atoms with Crippen molar-refractivity contribution in [3.8, 4) is 0 Å². The van der Waals surface area contributed by atoms with E-state index in [4.69, 9.17) is 9.47 Å². The van der Waals surface area contributed by atoms with Crippen LogP contribution in [0.25, 0.3) is 0 Å². The van der Waals surface area contributed by atoms with Gasteiger partial charge in [0.05, 0.1) is 13.2 Å². The third-order valence-corrected chi connectivity index (χ3v) is 2.18. The predicted octanol–water partition coefficient (Wildman–Crippen LogP) is 1.14. The predicted molar refractivity (Wildman–Crippen MR) is 48.1 cm³/mol. The largest absolute Gasteiger partial charge is 0.347 e. The molecule has 0 amide bonds. The first kappa shape index (κ1) is 9.96. The molecule has 2 aliphatic heterocycles. The van der Waals surface area contributed by atoms with Crippen LogP contribution in [0.1, 0.15) is 26.7 Å². The maximum Gasteiger partial charge on any atom is 0.170 e. The van der Waals surface area contributed by atoms with Crippen molar-refractivity contribution in [2.45, 2.75) is 32.5 Å². The Morgan fingerprint density at radius 1 is 1.00 bits per heavy atom. The maximum absolute atomic E-state index is 5.52. The van der Waals surface area contributed by atoms with Crippen LogP contribution in [0.3, 0.4) is 0 Å². The van der Waals surface area contributed by atoms with E-state index < -0.39 is 0 Å². The fourth-order valence-corrected chi connectivity index (χ4v) is 1.59. The van der Waals surface area contributed by atoms with Crippen molar-refractivity contribution in [3.63, 3.8) is 0 Å². The average Bonchev–Trinajstić information content (AvgIpc) is 2.58. The van der Waals surface area contributed by atoms with Crippen LogP contribution < -0.4 is 5.32 Å². The van der Waals surface area contributed by atoms with Gasteiger partial charge in [0.25, 0.3) is 0 Å². The molecule has 0 bridgehead atoms. The third-order valence-electron chi connectivity index (χ3n) is 2.18. The molecule has 1 N–H and O–H groups in total.